The second-order valence-corrected chi connectivity index (χ2v) is 6.73. The van der Waals surface area contributed by atoms with E-state index in [1.165, 1.54) is 12.1 Å². The molecule has 1 aromatic carbocycles. The van der Waals surface area contributed by atoms with E-state index in [0.29, 0.717) is 13.2 Å². The van der Waals surface area contributed by atoms with Crippen molar-refractivity contribution in [1.82, 2.24) is 4.72 Å². The Kier molecular flexibility index (Phi) is 7.50. The second-order valence-electron chi connectivity index (χ2n) is 5.02. The largest absolute Gasteiger partial charge is 0.462 e. The summed E-state index contributed by atoms with van der Waals surface area (Å²) in [7, 11) is -3.77. The molecule has 1 aromatic rings. The first-order chi connectivity index (χ1) is 10.4. The summed E-state index contributed by atoms with van der Waals surface area (Å²) in [5.41, 5.74) is 0. The maximum atomic E-state index is 12.3. The van der Waals surface area contributed by atoms with Crippen LogP contribution < -0.4 is 4.72 Å². The Morgan fingerprint density at radius 3 is 2.36 bits per heavy atom. The molecule has 1 N–H and O–H groups in total. The van der Waals surface area contributed by atoms with Gasteiger partial charge in [0.25, 0.3) is 0 Å². The molecule has 0 aliphatic heterocycles. The first kappa shape index (κ1) is 18.6. The van der Waals surface area contributed by atoms with E-state index in [4.69, 9.17) is 9.47 Å². The van der Waals surface area contributed by atoms with Gasteiger partial charge in [0, 0.05) is 6.61 Å². The van der Waals surface area contributed by atoms with E-state index in [1.54, 1.807) is 32.0 Å². The van der Waals surface area contributed by atoms with Gasteiger partial charge in [-0.3, -0.25) is 4.79 Å². The normalized spacial score (nSPS) is 13.1. The first-order valence-electron chi connectivity index (χ1n) is 7.20. The van der Waals surface area contributed by atoms with Gasteiger partial charge in [0.1, 0.15) is 12.6 Å². The molecule has 1 rings (SSSR count). The van der Waals surface area contributed by atoms with Crippen molar-refractivity contribution < 1.29 is 22.7 Å². The summed E-state index contributed by atoms with van der Waals surface area (Å²) in [6.07, 6.45) is 0. The number of carbonyl (C=O) groups excluding carboxylic acids is 1. The summed E-state index contributed by atoms with van der Waals surface area (Å²) in [4.78, 5) is 12.2. The van der Waals surface area contributed by atoms with E-state index in [2.05, 4.69) is 4.72 Å². The smallest absolute Gasteiger partial charge is 0.324 e. The molecule has 1 atom stereocenters. The standard InChI is InChI=1S/C15H23NO5S/c1-4-20-10-11-21-15(17)14(12(2)3)16-22(18,19)13-8-6-5-7-9-13/h5-9,12,14,16H,4,10-11H2,1-3H3. The highest BCUT2D eigenvalue weighted by Crippen LogP contribution is 2.12. The molecule has 0 radical (unpaired) electrons. The van der Waals surface area contributed by atoms with Crippen LogP contribution in [0.4, 0.5) is 0 Å². The van der Waals surface area contributed by atoms with Gasteiger partial charge in [0.2, 0.25) is 10.0 Å². The van der Waals surface area contributed by atoms with E-state index in [1.807, 2.05) is 6.92 Å². The molecule has 124 valence electrons. The Morgan fingerprint density at radius 2 is 1.82 bits per heavy atom. The van der Waals surface area contributed by atoms with Gasteiger partial charge in [-0.25, -0.2) is 8.42 Å². The van der Waals surface area contributed by atoms with Crippen molar-refractivity contribution in [2.24, 2.45) is 5.92 Å². The zero-order chi connectivity index (χ0) is 16.6. The lowest BCUT2D eigenvalue weighted by Gasteiger charge is -2.20. The van der Waals surface area contributed by atoms with E-state index < -0.39 is 22.0 Å². The average Bonchev–Trinajstić information content (AvgIpc) is 2.49. The van der Waals surface area contributed by atoms with Crippen molar-refractivity contribution in [3.63, 3.8) is 0 Å². The predicted octanol–water partition coefficient (Wildman–Crippen LogP) is 1.57. The third-order valence-electron chi connectivity index (χ3n) is 2.93. The number of carbonyl (C=O) groups is 1. The monoisotopic (exact) mass is 329 g/mol. The van der Waals surface area contributed by atoms with Gasteiger partial charge in [-0.15, -0.1) is 0 Å². The van der Waals surface area contributed by atoms with Crippen LogP contribution in [0.1, 0.15) is 20.8 Å². The summed E-state index contributed by atoms with van der Waals surface area (Å²) < 4.78 is 37.1. The van der Waals surface area contributed by atoms with Gasteiger partial charge in [-0.1, -0.05) is 32.0 Å². The molecule has 0 aliphatic rings. The number of esters is 1. The SMILES string of the molecule is CCOCCOC(=O)C(NS(=O)(=O)c1ccccc1)C(C)C. The third-order valence-corrected chi connectivity index (χ3v) is 4.39. The Morgan fingerprint density at radius 1 is 1.18 bits per heavy atom. The van der Waals surface area contributed by atoms with Gasteiger partial charge >= 0.3 is 5.97 Å². The highest BCUT2D eigenvalue weighted by atomic mass is 32.2. The number of sulfonamides is 1. The second kappa shape index (κ2) is 8.87. The van der Waals surface area contributed by atoms with Crippen molar-refractivity contribution >= 4 is 16.0 Å². The molecule has 0 spiro atoms. The number of benzene rings is 1. The predicted molar refractivity (Wildman–Crippen MR) is 82.8 cm³/mol. The van der Waals surface area contributed by atoms with Gasteiger partial charge in [-0.05, 0) is 25.0 Å². The van der Waals surface area contributed by atoms with Crippen LogP contribution >= 0.6 is 0 Å². The molecular weight excluding hydrogens is 306 g/mol. The number of hydrogen-bond donors (Lipinski definition) is 1. The van der Waals surface area contributed by atoms with Crippen molar-refractivity contribution in [3.05, 3.63) is 30.3 Å². The first-order valence-corrected chi connectivity index (χ1v) is 8.68. The number of nitrogens with one attached hydrogen (secondary N) is 1. The van der Waals surface area contributed by atoms with Crippen LogP contribution in [0, 0.1) is 5.92 Å². The fourth-order valence-corrected chi connectivity index (χ4v) is 3.08. The summed E-state index contributed by atoms with van der Waals surface area (Å²) >= 11 is 0. The summed E-state index contributed by atoms with van der Waals surface area (Å²) in [6, 6.07) is 6.98. The minimum Gasteiger partial charge on any atom is -0.462 e. The summed E-state index contributed by atoms with van der Waals surface area (Å²) in [6.45, 7) is 6.27. The summed E-state index contributed by atoms with van der Waals surface area (Å²) in [5.74, 6) is -0.840. The fourth-order valence-electron chi connectivity index (χ4n) is 1.73. The van der Waals surface area contributed by atoms with Crippen LogP contribution in [-0.2, 0) is 24.3 Å². The molecule has 0 aromatic heterocycles. The number of hydrogen-bond acceptors (Lipinski definition) is 5. The minimum atomic E-state index is -3.77. The molecule has 0 saturated carbocycles. The number of rotatable bonds is 9. The molecule has 0 fully saturated rings. The van der Waals surface area contributed by atoms with Gasteiger partial charge in [0.05, 0.1) is 11.5 Å². The lowest BCUT2D eigenvalue weighted by Crippen LogP contribution is -2.45. The van der Waals surface area contributed by atoms with Crippen molar-refractivity contribution in [2.45, 2.75) is 31.7 Å². The van der Waals surface area contributed by atoms with Crippen LogP contribution in [0.3, 0.4) is 0 Å². The highest BCUT2D eigenvalue weighted by molar-refractivity contribution is 7.89. The lowest BCUT2D eigenvalue weighted by atomic mass is 10.1. The molecular formula is C15H23NO5S. The van der Waals surface area contributed by atoms with Crippen LogP contribution in [0.15, 0.2) is 35.2 Å². The van der Waals surface area contributed by atoms with Crippen molar-refractivity contribution in [1.29, 1.82) is 0 Å². The Hall–Kier alpha value is -1.44. The third kappa shape index (κ3) is 5.75. The van der Waals surface area contributed by atoms with Crippen LogP contribution in [-0.4, -0.2) is 40.2 Å². The van der Waals surface area contributed by atoms with E-state index >= 15 is 0 Å². The molecule has 0 aliphatic carbocycles. The van der Waals surface area contributed by atoms with Gasteiger partial charge in [0.15, 0.2) is 0 Å². The van der Waals surface area contributed by atoms with Crippen LogP contribution in [0.25, 0.3) is 0 Å². The Balaban J connectivity index is 2.74. The molecule has 1 unspecified atom stereocenters. The fraction of sp³-hybridized carbons (Fsp3) is 0.533. The molecule has 0 amide bonds. The molecule has 6 nitrogen and oxygen atoms in total. The number of ether oxygens (including phenoxy) is 2. The molecule has 7 heteroatoms. The molecule has 0 bridgehead atoms. The summed E-state index contributed by atoms with van der Waals surface area (Å²) in [5, 5.41) is 0. The maximum Gasteiger partial charge on any atom is 0.324 e. The van der Waals surface area contributed by atoms with Crippen molar-refractivity contribution in [2.75, 3.05) is 19.8 Å². The molecule has 0 heterocycles. The maximum absolute atomic E-state index is 12.3. The van der Waals surface area contributed by atoms with Crippen LogP contribution in [0.2, 0.25) is 0 Å². The van der Waals surface area contributed by atoms with E-state index in [-0.39, 0.29) is 17.4 Å². The lowest BCUT2D eigenvalue weighted by molar-refractivity contribution is -0.148. The van der Waals surface area contributed by atoms with Crippen LogP contribution in [0.5, 0.6) is 0 Å². The zero-order valence-corrected chi connectivity index (χ0v) is 13.9. The van der Waals surface area contributed by atoms with E-state index in [9.17, 15) is 13.2 Å². The quantitative estimate of drug-likeness (QED) is 0.549. The molecule has 0 saturated heterocycles. The Labute approximate surface area is 131 Å². The minimum absolute atomic E-state index is 0.100. The van der Waals surface area contributed by atoms with Crippen molar-refractivity contribution in [3.8, 4) is 0 Å². The van der Waals surface area contributed by atoms with Gasteiger partial charge < -0.3 is 9.47 Å². The molecule has 22 heavy (non-hydrogen) atoms. The highest BCUT2D eigenvalue weighted by Gasteiger charge is 2.29. The zero-order valence-electron chi connectivity index (χ0n) is 13.1. The van der Waals surface area contributed by atoms with Gasteiger partial charge in [-0.2, -0.15) is 4.72 Å². The Bertz CT molecular complexity index is 557. The average molecular weight is 329 g/mol. The topological polar surface area (TPSA) is 81.7 Å². The van der Waals surface area contributed by atoms with E-state index in [0.717, 1.165) is 0 Å².